The summed E-state index contributed by atoms with van der Waals surface area (Å²) in [6.45, 7) is 7.94. The van der Waals surface area contributed by atoms with Crippen molar-refractivity contribution in [3.8, 4) is 0 Å². The molecule has 1 aliphatic rings. The summed E-state index contributed by atoms with van der Waals surface area (Å²) in [6, 6.07) is 7.24. The minimum absolute atomic E-state index is 0.0363. The number of anilines is 1. The third-order valence-corrected chi connectivity index (χ3v) is 4.65. The summed E-state index contributed by atoms with van der Waals surface area (Å²) in [7, 11) is 0. The molecule has 25 heavy (non-hydrogen) atoms. The number of para-hydroxylation sites is 1. The summed E-state index contributed by atoms with van der Waals surface area (Å²) in [5.74, 6) is 0.352. The molecule has 0 radical (unpaired) electrons. The zero-order valence-corrected chi connectivity index (χ0v) is 14.9. The Bertz CT molecular complexity index is 730. The summed E-state index contributed by atoms with van der Waals surface area (Å²) in [6.07, 6.45) is -0.479. The lowest BCUT2D eigenvalue weighted by Crippen LogP contribution is -2.42. The maximum Gasteiger partial charge on any atom is 0.297 e. The van der Waals surface area contributed by atoms with Crippen LogP contribution in [0.25, 0.3) is 10.9 Å². The van der Waals surface area contributed by atoms with Gasteiger partial charge in [-0.1, -0.05) is 32.9 Å². The molecule has 1 saturated heterocycles. The Morgan fingerprint density at radius 1 is 1.24 bits per heavy atom. The van der Waals surface area contributed by atoms with Gasteiger partial charge in [-0.15, -0.1) is 0 Å². The minimum atomic E-state index is -2.69. The van der Waals surface area contributed by atoms with E-state index in [-0.39, 0.29) is 11.5 Å². The van der Waals surface area contributed by atoms with Crippen LogP contribution >= 0.6 is 0 Å². The number of alkyl halides is 2. The Labute approximate surface area is 147 Å². The first-order valence-electron chi connectivity index (χ1n) is 8.76. The SMILES string of the molecule is CC(C)(C)[C@@H]1OCCC[C@@H]1CNc1nc(C(F)F)nc2ccccc12. The van der Waals surface area contributed by atoms with Gasteiger partial charge in [0.05, 0.1) is 11.6 Å². The lowest BCUT2D eigenvalue weighted by molar-refractivity contribution is -0.0814. The Balaban J connectivity index is 1.84. The van der Waals surface area contributed by atoms with Gasteiger partial charge in [-0.2, -0.15) is 0 Å². The van der Waals surface area contributed by atoms with Crippen LogP contribution < -0.4 is 5.32 Å². The van der Waals surface area contributed by atoms with Crippen LogP contribution in [0.1, 0.15) is 45.9 Å². The lowest BCUT2D eigenvalue weighted by Gasteiger charge is -2.40. The van der Waals surface area contributed by atoms with E-state index in [4.69, 9.17) is 4.74 Å². The van der Waals surface area contributed by atoms with Crippen molar-refractivity contribution in [2.75, 3.05) is 18.5 Å². The van der Waals surface area contributed by atoms with E-state index in [0.717, 1.165) is 24.8 Å². The van der Waals surface area contributed by atoms with E-state index in [2.05, 4.69) is 36.1 Å². The van der Waals surface area contributed by atoms with Crippen molar-refractivity contribution in [1.29, 1.82) is 0 Å². The summed E-state index contributed by atoms with van der Waals surface area (Å²) in [5, 5.41) is 4.05. The van der Waals surface area contributed by atoms with E-state index in [1.807, 2.05) is 12.1 Å². The maximum atomic E-state index is 13.1. The first-order valence-corrected chi connectivity index (χ1v) is 8.76. The first kappa shape index (κ1) is 18.0. The van der Waals surface area contributed by atoms with Gasteiger partial charge in [0.1, 0.15) is 5.82 Å². The molecule has 1 aliphatic heterocycles. The van der Waals surface area contributed by atoms with E-state index < -0.39 is 12.2 Å². The fourth-order valence-corrected chi connectivity index (χ4v) is 3.56. The molecule has 6 heteroatoms. The Hall–Kier alpha value is -1.82. The summed E-state index contributed by atoms with van der Waals surface area (Å²) in [5.41, 5.74) is 0.567. The van der Waals surface area contributed by atoms with E-state index >= 15 is 0 Å². The van der Waals surface area contributed by atoms with Gasteiger partial charge in [-0.05, 0) is 30.4 Å². The van der Waals surface area contributed by atoms with Crippen LogP contribution in [-0.2, 0) is 4.74 Å². The van der Waals surface area contributed by atoms with Crippen molar-refractivity contribution in [3.05, 3.63) is 30.1 Å². The minimum Gasteiger partial charge on any atom is -0.377 e. The van der Waals surface area contributed by atoms with Gasteiger partial charge in [-0.3, -0.25) is 0 Å². The van der Waals surface area contributed by atoms with Gasteiger partial charge in [0, 0.05) is 24.5 Å². The molecule has 2 aromatic rings. The second-order valence-electron chi connectivity index (χ2n) is 7.69. The molecular weight excluding hydrogens is 324 g/mol. The number of halogens is 2. The molecule has 3 rings (SSSR count). The van der Waals surface area contributed by atoms with Gasteiger partial charge in [0.2, 0.25) is 0 Å². The number of hydrogen-bond donors (Lipinski definition) is 1. The van der Waals surface area contributed by atoms with Crippen molar-refractivity contribution >= 4 is 16.7 Å². The molecule has 1 aromatic carbocycles. The number of rotatable bonds is 4. The highest BCUT2D eigenvalue weighted by Gasteiger charge is 2.35. The molecule has 0 bridgehead atoms. The number of aromatic nitrogens is 2. The normalized spacial score (nSPS) is 21.7. The number of nitrogens with one attached hydrogen (secondary N) is 1. The molecule has 136 valence electrons. The molecule has 2 atom stereocenters. The van der Waals surface area contributed by atoms with Crippen molar-refractivity contribution < 1.29 is 13.5 Å². The van der Waals surface area contributed by atoms with Crippen molar-refractivity contribution in [2.45, 2.75) is 46.1 Å². The topological polar surface area (TPSA) is 47.0 Å². The number of fused-ring (bicyclic) bond motifs is 1. The quantitative estimate of drug-likeness (QED) is 0.859. The number of ether oxygens (including phenoxy) is 1. The van der Waals surface area contributed by atoms with Crippen molar-refractivity contribution in [2.24, 2.45) is 11.3 Å². The summed E-state index contributed by atoms with van der Waals surface area (Å²) < 4.78 is 32.2. The fraction of sp³-hybridized carbons (Fsp3) is 0.579. The van der Waals surface area contributed by atoms with Gasteiger partial charge in [0.25, 0.3) is 6.43 Å². The fourth-order valence-electron chi connectivity index (χ4n) is 3.56. The molecule has 1 aromatic heterocycles. The third-order valence-electron chi connectivity index (χ3n) is 4.65. The summed E-state index contributed by atoms with van der Waals surface area (Å²) in [4.78, 5) is 8.02. The largest absolute Gasteiger partial charge is 0.377 e. The maximum absolute atomic E-state index is 13.1. The Morgan fingerprint density at radius 3 is 2.72 bits per heavy atom. The standard InChI is InChI=1S/C19H25F2N3O/c1-19(2,3)15-12(7-6-10-25-15)11-22-17-13-8-4-5-9-14(13)23-18(24-17)16(20)21/h4-5,8-9,12,15-16H,6-7,10-11H2,1-3H3,(H,22,23,24)/t12-,15-/m1/s1. The second kappa shape index (κ2) is 7.20. The highest BCUT2D eigenvalue weighted by molar-refractivity contribution is 5.89. The van der Waals surface area contributed by atoms with Crippen LogP contribution in [0.2, 0.25) is 0 Å². The smallest absolute Gasteiger partial charge is 0.297 e. The van der Waals surface area contributed by atoms with E-state index in [1.54, 1.807) is 12.1 Å². The second-order valence-corrected chi connectivity index (χ2v) is 7.69. The number of benzene rings is 1. The zero-order chi connectivity index (χ0) is 18.0. The van der Waals surface area contributed by atoms with E-state index in [1.165, 1.54) is 0 Å². The Morgan fingerprint density at radius 2 is 2.00 bits per heavy atom. The summed E-state index contributed by atoms with van der Waals surface area (Å²) >= 11 is 0. The van der Waals surface area contributed by atoms with Crippen LogP contribution in [0.4, 0.5) is 14.6 Å². The van der Waals surface area contributed by atoms with E-state index in [9.17, 15) is 8.78 Å². The molecule has 0 saturated carbocycles. The number of nitrogens with zero attached hydrogens (tertiary/aromatic N) is 2. The van der Waals surface area contributed by atoms with Gasteiger partial charge in [0.15, 0.2) is 5.82 Å². The van der Waals surface area contributed by atoms with Crippen molar-refractivity contribution in [3.63, 3.8) is 0 Å². The molecule has 0 unspecified atom stereocenters. The Kier molecular flexibility index (Phi) is 5.18. The highest BCUT2D eigenvalue weighted by atomic mass is 19.3. The molecule has 0 spiro atoms. The van der Waals surface area contributed by atoms with Crippen LogP contribution in [0.15, 0.2) is 24.3 Å². The predicted molar refractivity (Wildman–Crippen MR) is 94.9 cm³/mol. The van der Waals surface area contributed by atoms with Crippen molar-refractivity contribution in [1.82, 2.24) is 9.97 Å². The third kappa shape index (κ3) is 4.06. The monoisotopic (exact) mass is 349 g/mol. The lowest BCUT2D eigenvalue weighted by atomic mass is 9.78. The molecule has 0 aliphatic carbocycles. The van der Waals surface area contributed by atoms with Crippen LogP contribution in [0.3, 0.4) is 0 Å². The highest BCUT2D eigenvalue weighted by Crippen LogP contribution is 2.34. The first-order chi connectivity index (χ1) is 11.9. The number of hydrogen-bond acceptors (Lipinski definition) is 4. The molecule has 1 N–H and O–H groups in total. The van der Waals surface area contributed by atoms with Crippen LogP contribution in [-0.4, -0.2) is 29.2 Å². The van der Waals surface area contributed by atoms with Crippen LogP contribution in [0, 0.1) is 11.3 Å². The molecule has 2 heterocycles. The van der Waals surface area contributed by atoms with Gasteiger partial charge >= 0.3 is 0 Å². The molecule has 4 nitrogen and oxygen atoms in total. The van der Waals surface area contributed by atoms with E-state index in [0.29, 0.717) is 23.8 Å². The molecular formula is C19H25F2N3O. The molecule has 0 amide bonds. The van der Waals surface area contributed by atoms with Gasteiger partial charge in [-0.25, -0.2) is 18.7 Å². The molecule has 1 fully saturated rings. The zero-order valence-electron chi connectivity index (χ0n) is 14.9. The van der Waals surface area contributed by atoms with Crippen LogP contribution in [0.5, 0.6) is 0 Å². The average molecular weight is 349 g/mol. The van der Waals surface area contributed by atoms with Gasteiger partial charge < -0.3 is 10.1 Å². The predicted octanol–water partition coefficient (Wildman–Crippen LogP) is 4.82. The average Bonchev–Trinajstić information content (AvgIpc) is 2.58.